The number of amides is 1. The van der Waals surface area contributed by atoms with E-state index in [9.17, 15) is 4.79 Å². The smallest absolute Gasteiger partial charge is 0.229 e. The van der Waals surface area contributed by atoms with Crippen molar-refractivity contribution in [3.8, 4) is 0 Å². The SMILES string of the molecule is CCC1=CC=CC(Cl)(CC)C1CC(=O)N(COC)c1ccccc1. The van der Waals surface area contributed by atoms with Gasteiger partial charge in [0.1, 0.15) is 6.73 Å². The van der Waals surface area contributed by atoms with E-state index >= 15 is 0 Å². The van der Waals surface area contributed by atoms with Crippen LogP contribution in [-0.4, -0.2) is 24.6 Å². The molecule has 0 aliphatic heterocycles. The number of halogens is 1. The zero-order valence-corrected chi connectivity index (χ0v) is 15.4. The lowest BCUT2D eigenvalue weighted by Gasteiger charge is -2.37. The highest BCUT2D eigenvalue weighted by Crippen LogP contribution is 2.42. The van der Waals surface area contributed by atoms with Gasteiger partial charge in [0.05, 0.1) is 4.87 Å². The number of para-hydroxylation sites is 1. The van der Waals surface area contributed by atoms with Crippen LogP contribution in [0.25, 0.3) is 0 Å². The Bertz CT molecular complexity index is 611. The van der Waals surface area contributed by atoms with E-state index in [4.69, 9.17) is 16.3 Å². The number of allylic oxidation sites excluding steroid dienone is 4. The zero-order chi connectivity index (χ0) is 17.6. The average Bonchev–Trinajstić information content (AvgIpc) is 2.62. The molecule has 0 heterocycles. The average molecular weight is 348 g/mol. The topological polar surface area (TPSA) is 29.5 Å². The largest absolute Gasteiger partial charge is 0.364 e. The van der Waals surface area contributed by atoms with Crippen LogP contribution in [0.15, 0.2) is 54.1 Å². The molecule has 4 heteroatoms. The summed E-state index contributed by atoms with van der Waals surface area (Å²) in [6.45, 7) is 4.41. The number of methoxy groups -OCH3 is 1. The molecule has 2 rings (SSSR count). The minimum absolute atomic E-state index is 0.00901. The molecule has 0 radical (unpaired) electrons. The number of hydrogen-bond acceptors (Lipinski definition) is 2. The van der Waals surface area contributed by atoms with Crippen LogP contribution in [0.2, 0.25) is 0 Å². The number of nitrogens with zero attached hydrogens (tertiary/aromatic N) is 1. The Morgan fingerprint density at radius 3 is 2.58 bits per heavy atom. The van der Waals surface area contributed by atoms with Gasteiger partial charge in [-0.3, -0.25) is 9.69 Å². The molecule has 1 amide bonds. The molecular weight excluding hydrogens is 322 g/mol. The van der Waals surface area contributed by atoms with Gasteiger partial charge in [-0.15, -0.1) is 11.6 Å². The molecule has 0 saturated carbocycles. The summed E-state index contributed by atoms with van der Waals surface area (Å²) in [5, 5.41) is 0. The van der Waals surface area contributed by atoms with Crippen molar-refractivity contribution in [2.75, 3.05) is 18.7 Å². The number of ether oxygens (including phenoxy) is 1. The fourth-order valence-electron chi connectivity index (χ4n) is 3.21. The zero-order valence-electron chi connectivity index (χ0n) is 14.7. The van der Waals surface area contributed by atoms with Crippen molar-refractivity contribution < 1.29 is 9.53 Å². The first-order valence-corrected chi connectivity index (χ1v) is 8.85. The first kappa shape index (κ1) is 18.8. The fourth-order valence-corrected chi connectivity index (χ4v) is 3.50. The normalized spacial score (nSPS) is 23.0. The summed E-state index contributed by atoms with van der Waals surface area (Å²) < 4.78 is 5.24. The van der Waals surface area contributed by atoms with Gasteiger partial charge in [0.25, 0.3) is 0 Å². The second kappa shape index (κ2) is 8.50. The third kappa shape index (κ3) is 4.08. The summed E-state index contributed by atoms with van der Waals surface area (Å²) in [7, 11) is 1.60. The number of alkyl halides is 1. The molecular formula is C20H26ClNO2. The highest BCUT2D eigenvalue weighted by molar-refractivity contribution is 6.26. The lowest BCUT2D eigenvalue weighted by molar-refractivity contribution is -0.120. The Morgan fingerprint density at radius 1 is 1.29 bits per heavy atom. The van der Waals surface area contributed by atoms with Gasteiger partial charge in [0, 0.05) is 25.1 Å². The van der Waals surface area contributed by atoms with E-state index in [1.54, 1.807) is 12.0 Å². The number of carbonyl (C=O) groups is 1. The molecule has 0 bridgehead atoms. The van der Waals surface area contributed by atoms with E-state index in [1.165, 1.54) is 5.57 Å². The Balaban J connectivity index is 2.24. The lowest BCUT2D eigenvalue weighted by atomic mass is 9.76. The Morgan fingerprint density at radius 2 is 2.00 bits per heavy atom. The molecule has 0 aromatic heterocycles. The summed E-state index contributed by atoms with van der Waals surface area (Å²) in [6, 6.07) is 9.61. The standard InChI is InChI=1S/C20H26ClNO2/c1-4-16-10-9-13-20(21,5-2)18(16)14-19(23)22(15-24-3)17-11-7-6-8-12-17/h6-13,18H,4-5,14-15H2,1-3H3. The molecule has 1 aromatic rings. The van der Waals surface area contributed by atoms with E-state index in [0.717, 1.165) is 18.5 Å². The molecule has 1 aliphatic rings. The van der Waals surface area contributed by atoms with Crippen LogP contribution in [0.4, 0.5) is 5.69 Å². The van der Waals surface area contributed by atoms with Crippen LogP contribution in [0.5, 0.6) is 0 Å². The number of hydrogen-bond donors (Lipinski definition) is 0. The molecule has 1 aliphatic carbocycles. The lowest BCUT2D eigenvalue weighted by Crippen LogP contribution is -2.40. The molecule has 0 spiro atoms. The van der Waals surface area contributed by atoms with Crippen molar-refractivity contribution in [3.05, 3.63) is 54.1 Å². The van der Waals surface area contributed by atoms with Gasteiger partial charge in [0.15, 0.2) is 0 Å². The van der Waals surface area contributed by atoms with Crippen LogP contribution in [0.1, 0.15) is 33.1 Å². The second-order valence-electron chi connectivity index (χ2n) is 6.07. The maximum Gasteiger partial charge on any atom is 0.229 e. The van der Waals surface area contributed by atoms with Crippen LogP contribution in [-0.2, 0) is 9.53 Å². The molecule has 2 unspecified atom stereocenters. The van der Waals surface area contributed by atoms with Crippen molar-refractivity contribution in [3.63, 3.8) is 0 Å². The van der Waals surface area contributed by atoms with E-state index < -0.39 is 4.87 Å². The number of anilines is 1. The third-order valence-corrected chi connectivity index (χ3v) is 5.32. The Labute approximate surface area is 149 Å². The van der Waals surface area contributed by atoms with E-state index in [2.05, 4.69) is 19.9 Å². The molecule has 0 N–H and O–H groups in total. The van der Waals surface area contributed by atoms with Crippen molar-refractivity contribution in [2.24, 2.45) is 5.92 Å². The van der Waals surface area contributed by atoms with E-state index in [0.29, 0.717) is 6.42 Å². The summed E-state index contributed by atoms with van der Waals surface area (Å²) in [6.07, 6.45) is 8.19. The molecule has 3 nitrogen and oxygen atoms in total. The van der Waals surface area contributed by atoms with Gasteiger partial charge in [-0.2, -0.15) is 0 Å². The number of benzene rings is 1. The quantitative estimate of drug-likeness (QED) is 0.517. The van der Waals surface area contributed by atoms with Crippen molar-refractivity contribution >= 4 is 23.2 Å². The van der Waals surface area contributed by atoms with Crippen LogP contribution in [0.3, 0.4) is 0 Å². The van der Waals surface area contributed by atoms with Crippen molar-refractivity contribution in [1.29, 1.82) is 0 Å². The fraction of sp³-hybridized carbons (Fsp3) is 0.450. The predicted molar refractivity (Wildman–Crippen MR) is 100 cm³/mol. The first-order chi connectivity index (χ1) is 11.6. The summed E-state index contributed by atoms with van der Waals surface area (Å²) in [5.41, 5.74) is 2.07. The summed E-state index contributed by atoms with van der Waals surface area (Å²) >= 11 is 6.84. The minimum atomic E-state index is -0.495. The minimum Gasteiger partial charge on any atom is -0.364 e. The molecule has 0 fully saturated rings. The van der Waals surface area contributed by atoms with Crippen LogP contribution in [0, 0.1) is 5.92 Å². The maximum absolute atomic E-state index is 13.0. The Kier molecular flexibility index (Phi) is 6.64. The third-order valence-electron chi connectivity index (χ3n) is 4.67. The van der Waals surface area contributed by atoms with Gasteiger partial charge >= 0.3 is 0 Å². The van der Waals surface area contributed by atoms with Crippen molar-refractivity contribution in [1.82, 2.24) is 0 Å². The van der Waals surface area contributed by atoms with Gasteiger partial charge in [0.2, 0.25) is 5.91 Å². The predicted octanol–water partition coefficient (Wildman–Crippen LogP) is 4.92. The van der Waals surface area contributed by atoms with Crippen LogP contribution < -0.4 is 4.90 Å². The van der Waals surface area contributed by atoms with Crippen LogP contribution >= 0.6 is 11.6 Å². The summed E-state index contributed by atoms with van der Waals surface area (Å²) in [5.74, 6) is 0.0379. The van der Waals surface area contributed by atoms with Gasteiger partial charge in [-0.1, -0.05) is 55.8 Å². The first-order valence-electron chi connectivity index (χ1n) is 8.47. The monoisotopic (exact) mass is 347 g/mol. The maximum atomic E-state index is 13.0. The second-order valence-corrected chi connectivity index (χ2v) is 6.77. The molecule has 1 aromatic carbocycles. The molecule has 2 atom stereocenters. The van der Waals surface area contributed by atoms with E-state index in [-0.39, 0.29) is 18.6 Å². The molecule has 24 heavy (non-hydrogen) atoms. The molecule has 0 saturated heterocycles. The highest BCUT2D eigenvalue weighted by atomic mass is 35.5. The number of rotatable bonds is 7. The number of carbonyl (C=O) groups excluding carboxylic acids is 1. The van der Waals surface area contributed by atoms with Gasteiger partial charge in [-0.05, 0) is 25.0 Å². The van der Waals surface area contributed by atoms with Gasteiger partial charge in [-0.25, -0.2) is 0 Å². The van der Waals surface area contributed by atoms with E-state index in [1.807, 2.05) is 42.5 Å². The Hall–Kier alpha value is -1.58. The highest BCUT2D eigenvalue weighted by Gasteiger charge is 2.38. The summed E-state index contributed by atoms with van der Waals surface area (Å²) in [4.78, 5) is 14.2. The van der Waals surface area contributed by atoms with Gasteiger partial charge < -0.3 is 4.74 Å². The molecule has 130 valence electrons. The van der Waals surface area contributed by atoms with Crippen molar-refractivity contribution in [2.45, 2.75) is 38.0 Å².